The number of furan rings is 1. The van der Waals surface area contributed by atoms with Crippen LogP contribution in [0, 0.1) is 0 Å². The van der Waals surface area contributed by atoms with Gasteiger partial charge in [0.2, 0.25) is 0 Å². The fraction of sp³-hybridized carbons (Fsp3) is 0.0714. The van der Waals surface area contributed by atoms with E-state index >= 15 is 0 Å². The van der Waals surface area contributed by atoms with Crippen LogP contribution in [0.5, 0.6) is 11.5 Å². The summed E-state index contributed by atoms with van der Waals surface area (Å²) in [5.74, 6) is 0.672. The zero-order valence-corrected chi connectivity index (χ0v) is 9.79. The molecule has 0 aliphatic rings. The van der Waals surface area contributed by atoms with Crippen molar-refractivity contribution < 1.29 is 19.1 Å². The van der Waals surface area contributed by atoms with Gasteiger partial charge >= 0.3 is 0 Å². The first-order valence-corrected chi connectivity index (χ1v) is 5.33. The summed E-state index contributed by atoms with van der Waals surface area (Å²) in [6, 6.07) is 8.00. The lowest BCUT2D eigenvalue weighted by atomic mass is 10.1. The second kappa shape index (κ2) is 5.23. The quantitative estimate of drug-likeness (QED) is 0.663. The molecule has 1 N–H and O–H groups in total. The summed E-state index contributed by atoms with van der Waals surface area (Å²) in [5, 5.41) is 9.69. The number of allylic oxidation sites excluding steroid dienone is 1. The molecule has 0 spiro atoms. The summed E-state index contributed by atoms with van der Waals surface area (Å²) in [6.45, 7) is 0. The Morgan fingerprint density at radius 2 is 2.22 bits per heavy atom. The number of carbonyl (C=O) groups is 1. The predicted octanol–water partition coefficient (Wildman–Crippen LogP) is 2.89. The van der Waals surface area contributed by atoms with Crippen LogP contribution in [0.1, 0.15) is 16.1 Å². The number of phenols is 1. The van der Waals surface area contributed by atoms with Crippen LogP contribution in [0.4, 0.5) is 0 Å². The van der Waals surface area contributed by atoms with Gasteiger partial charge in [-0.1, -0.05) is 0 Å². The highest BCUT2D eigenvalue weighted by Gasteiger charge is 2.09. The number of ketones is 1. The molecular formula is C14H12O4. The summed E-state index contributed by atoms with van der Waals surface area (Å²) in [4.78, 5) is 11.8. The topological polar surface area (TPSA) is 59.7 Å². The maximum absolute atomic E-state index is 11.8. The third kappa shape index (κ3) is 2.60. The van der Waals surface area contributed by atoms with E-state index in [0.29, 0.717) is 11.5 Å². The van der Waals surface area contributed by atoms with Crippen molar-refractivity contribution in [3.05, 3.63) is 54.0 Å². The van der Waals surface area contributed by atoms with E-state index < -0.39 is 0 Å². The first kappa shape index (κ1) is 12.0. The van der Waals surface area contributed by atoms with E-state index in [9.17, 15) is 9.90 Å². The van der Waals surface area contributed by atoms with Crippen molar-refractivity contribution in [2.75, 3.05) is 7.11 Å². The summed E-state index contributed by atoms with van der Waals surface area (Å²) in [6.07, 6.45) is 4.42. The van der Waals surface area contributed by atoms with Gasteiger partial charge in [-0.3, -0.25) is 4.79 Å². The molecule has 0 saturated carbocycles. The summed E-state index contributed by atoms with van der Waals surface area (Å²) >= 11 is 0. The fourth-order valence-corrected chi connectivity index (χ4v) is 1.48. The second-order valence-electron chi connectivity index (χ2n) is 3.60. The average Bonchev–Trinajstić information content (AvgIpc) is 2.88. The Kier molecular flexibility index (Phi) is 3.48. The molecule has 0 unspecified atom stereocenters. The molecule has 0 saturated heterocycles. The average molecular weight is 244 g/mol. The summed E-state index contributed by atoms with van der Waals surface area (Å²) < 4.78 is 10.0. The van der Waals surface area contributed by atoms with Crippen molar-refractivity contribution in [1.29, 1.82) is 0 Å². The first-order valence-electron chi connectivity index (χ1n) is 5.33. The van der Waals surface area contributed by atoms with Gasteiger partial charge in [0.1, 0.15) is 17.3 Å². The molecule has 18 heavy (non-hydrogen) atoms. The Balaban J connectivity index is 2.19. The van der Waals surface area contributed by atoms with Crippen molar-refractivity contribution in [2.45, 2.75) is 0 Å². The molecule has 0 radical (unpaired) electrons. The highest BCUT2D eigenvalue weighted by molar-refractivity contribution is 6.08. The lowest BCUT2D eigenvalue weighted by Gasteiger charge is -2.03. The van der Waals surface area contributed by atoms with E-state index in [1.54, 1.807) is 24.3 Å². The largest absolute Gasteiger partial charge is 0.507 e. The van der Waals surface area contributed by atoms with Gasteiger partial charge in [-0.2, -0.15) is 0 Å². The molecule has 0 aliphatic carbocycles. The van der Waals surface area contributed by atoms with Crippen LogP contribution >= 0.6 is 0 Å². The molecule has 0 atom stereocenters. The molecule has 2 aromatic rings. The van der Waals surface area contributed by atoms with Crippen molar-refractivity contribution in [2.24, 2.45) is 0 Å². The monoisotopic (exact) mass is 244 g/mol. The van der Waals surface area contributed by atoms with Crippen LogP contribution in [0.2, 0.25) is 0 Å². The number of hydrogen-bond donors (Lipinski definition) is 1. The Morgan fingerprint density at radius 1 is 1.39 bits per heavy atom. The van der Waals surface area contributed by atoms with Crippen molar-refractivity contribution >= 4 is 11.9 Å². The van der Waals surface area contributed by atoms with E-state index in [2.05, 4.69) is 0 Å². The van der Waals surface area contributed by atoms with Crippen molar-refractivity contribution in [3.8, 4) is 11.5 Å². The third-order valence-corrected chi connectivity index (χ3v) is 2.41. The third-order valence-electron chi connectivity index (χ3n) is 2.41. The van der Waals surface area contributed by atoms with Crippen LogP contribution in [0.25, 0.3) is 6.08 Å². The molecule has 1 aromatic carbocycles. The Morgan fingerprint density at radius 3 is 2.83 bits per heavy atom. The minimum absolute atomic E-state index is 0.108. The number of hydrogen-bond acceptors (Lipinski definition) is 4. The number of benzene rings is 1. The van der Waals surface area contributed by atoms with Gasteiger partial charge in [-0.25, -0.2) is 0 Å². The predicted molar refractivity (Wildman–Crippen MR) is 66.7 cm³/mol. The van der Waals surface area contributed by atoms with Crippen LogP contribution in [0.15, 0.2) is 47.1 Å². The number of methoxy groups -OCH3 is 1. The SMILES string of the molecule is COc1ccc(C(=O)C=Cc2ccco2)c(O)c1. The van der Waals surface area contributed by atoms with Crippen molar-refractivity contribution in [3.63, 3.8) is 0 Å². The Hall–Kier alpha value is -2.49. The highest BCUT2D eigenvalue weighted by Crippen LogP contribution is 2.24. The van der Waals surface area contributed by atoms with E-state index in [1.807, 2.05) is 0 Å². The molecular weight excluding hydrogens is 232 g/mol. The van der Waals surface area contributed by atoms with E-state index in [1.165, 1.54) is 31.6 Å². The molecule has 4 heteroatoms. The van der Waals surface area contributed by atoms with Crippen LogP contribution in [-0.2, 0) is 0 Å². The van der Waals surface area contributed by atoms with Gasteiger partial charge in [0.05, 0.1) is 18.9 Å². The Bertz CT molecular complexity index is 567. The second-order valence-corrected chi connectivity index (χ2v) is 3.60. The van der Waals surface area contributed by atoms with E-state index in [4.69, 9.17) is 9.15 Å². The molecule has 92 valence electrons. The molecule has 0 bridgehead atoms. The molecule has 2 rings (SSSR count). The van der Waals surface area contributed by atoms with Crippen LogP contribution in [-0.4, -0.2) is 18.0 Å². The summed E-state index contributed by atoms with van der Waals surface area (Å²) in [5.41, 5.74) is 0.221. The molecule has 0 aliphatic heterocycles. The minimum atomic E-state index is -0.299. The molecule has 4 nitrogen and oxygen atoms in total. The lowest BCUT2D eigenvalue weighted by Crippen LogP contribution is -1.95. The van der Waals surface area contributed by atoms with E-state index in [0.717, 1.165) is 0 Å². The van der Waals surface area contributed by atoms with Gasteiger partial charge in [0.25, 0.3) is 0 Å². The summed E-state index contributed by atoms with van der Waals surface area (Å²) in [7, 11) is 1.49. The smallest absolute Gasteiger partial charge is 0.189 e. The number of ether oxygens (including phenoxy) is 1. The highest BCUT2D eigenvalue weighted by atomic mass is 16.5. The molecule has 0 fully saturated rings. The number of aromatic hydroxyl groups is 1. The van der Waals surface area contributed by atoms with Gasteiger partial charge in [0.15, 0.2) is 5.78 Å². The van der Waals surface area contributed by atoms with Crippen molar-refractivity contribution in [1.82, 2.24) is 0 Å². The first-order chi connectivity index (χ1) is 8.70. The van der Waals surface area contributed by atoms with Gasteiger partial charge in [0, 0.05) is 6.07 Å². The molecule has 1 heterocycles. The van der Waals surface area contributed by atoms with Gasteiger partial charge < -0.3 is 14.3 Å². The maximum atomic E-state index is 11.8. The van der Waals surface area contributed by atoms with Gasteiger partial charge in [-0.15, -0.1) is 0 Å². The maximum Gasteiger partial charge on any atom is 0.189 e. The molecule has 1 aromatic heterocycles. The minimum Gasteiger partial charge on any atom is -0.507 e. The zero-order valence-electron chi connectivity index (χ0n) is 9.79. The lowest BCUT2D eigenvalue weighted by molar-refractivity contribution is 0.104. The normalized spacial score (nSPS) is 10.7. The van der Waals surface area contributed by atoms with Crippen LogP contribution in [0.3, 0.4) is 0 Å². The number of carbonyl (C=O) groups excluding carboxylic acids is 1. The Labute approximate surface area is 104 Å². The van der Waals surface area contributed by atoms with Gasteiger partial charge in [-0.05, 0) is 36.4 Å². The van der Waals surface area contributed by atoms with E-state index in [-0.39, 0.29) is 17.1 Å². The molecule has 0 amide bonds. The number of phenolic OH excluding ortho intramolecular Hbond substituents is 1. The number of rotatable bonds is 4. The standard InChI is InChI=1S/C14H12O4/c1-17-11-4-6-12(14(16)9-11)13(15)7-5-10-3-2-8-18-10/h2-9,16H,1H3. The zero-order chi connectivity index (χ0) is 13.0. The fourth-order valence-electron chi connectivity index (χ4n) is 1.48. The van der Waals surface area contributed by atoms with Crippen LogP contribution < -0.4 is 4.74 Å².